The Labute approximate surface area is 284 Å². The van der Waals surface area contributed by atoms with Crippen molar-refractivity contribution in [3.05, 3.63) is 44.1 Å². The van der Waals surface area contributed by atoms with Crippen molar-refractivity contribution < 1.29 is 27.6 Å². The first-order valence-corrected chi connectivity index (χ1v) is 18.0. The van der Waals surface area contributed by atoms with Crippen LogP contribution in [0.25, 0.3) is 0 Å². The highest BCUT2D eigenvalue weighted by atomic mass is 79.9. The molecule has 1 aromatic heterocycles. The number of fused-ring (bicyclic) bond motifs is 1. The number of piperidine rings is 2. The van der Waals surface area contributed by atoms with Gasteiger partial charge in [0.1, 0.15) is 0 Å². The first-order valence-electron chi connectivity index (χ1n) is 16.3. The molecule has 0 unspecified atom stereocenters. The quantitative estimate of drug-likeness (QED) is 0.358. The van der Waals surface area contributed by atoms with E-state index in [1.807, 2.05) is 15.7 Å². The molecule has 1 atom stereocenters. The molecule has 256 valence electrons. The normalized spacial score (nSPS) is 21.0. The lowest BCUT2D eigenvalue weighted by Crippen LogP contribution is -2.55. The molecule has 0 spiro atoms. The molecule has 0 bridgehead atoms. The summed E-state index contributed by atoms with van der Waals surface area (Å²) in [5.41, 5.74) is 6.60. The topological polar surface area (TPSA) is 114 Å². The van der Waals surface area contributed by atoms with Gasteiger partial charge in [-0.2, -0.15) is 13.2 Å². The van der Waals surface area contributed by atoms with Crippen LogP contribution >= 0.6 is 27.3 Å². The number of rotatable bonds is 7. The van der Waals surface area contributed by atoms with Crippen molar-refractivity contribution in [2.45, 2.75) is 63.3 Å². The smallest absolute Gasteiger partial charge is 0.397 e. The number of amides is 4. The van der Waals surface area contributed by atoms with E-state index in [1.165, 1.54) is 6.07 Å². The first kappa shape index (κ1) is 34.0. The number of halogens is 4. The highest BCUT2D eigenvalue weighted by molar-refractivity contribution is 9.10. The van der Waals surface area contributed by atoms with Gasteiger partial charge in [-0.05, 0) is 84.2 Å². The summed E-state index contributed by atoms with van der Waals surface area (Å²) in [5.74, 6) is -1.24. The summed E-state index contributed by atoms with van der Waals surface area (Å²) in [6, 6.07) is 2.82. The Morgan fingerprint density at radius 1 is 0.979 bits per heavy atom. The van der Waals surface area contributed by atoms with Crippen LogP contribution in [0.4, 0.5) is 29.3 Å². The second-order valence-electron chi connectivity index (χ2n) is 13.0. The summed E-state index contributed by atoms with van der Waals surface area (Å²) in [4.78, 5) is 48.2. The number of thiophene rings is 1. The predicted octanol–water partition coefficient (Wildman–Crippen LogP) is 4.60. The Hall–Kier alpha value is -2.88. The molecule has 3 saturated heterocycles. The lowest BCUT2D eigenvalue weighted by Gasteiger charge is -2.42. The maximum Gasteiger partial charge on any atom is 0.418 e. The number of nitrogen functional groups attached to an aromatic ring is 1. The molecule has 2 aromatic rings. The van der Waals surface area contributed by atoms with Crippen molar-refractivity contribution in [3.8, 4) is 0 Å². The van der Waals surface area contributed by atoms with Gasteiger partial charge in [0.15, 0.2) is 0 Å². The SMILES string of the molecule is Nc1c(Br)cc(C[C@@H](CC(=O)N2CCC(N3Cc4cscc4NC3=O)CC2)C(=O)N2CCN(C3CCNCC3)CC2)cc1C(F)(F)F. The number of hydrogen-bond donors (Lipinski definition) is 3. The van der Waals surface area contributed by atoms with Crippen LogP contribution in [0.3, 0.4) is 0 Å². The number of alkyl halides is 3. The Bertz CT molecular complexity index is 1470. The summed E-state index contributed by atoms with van der Waals surface area (Å²) in [7, 11) is 0. The number of nitrogens with one attached hydrogen (secondary N) is 2. The molecule has 0 radical (unpaired) electrons. The molecular formula is C32H41BrF3N7O3S. The number of likely N-dealkylation sites (tertiary alicyclic amines) is 1. The number of urea groups is 1. The van der Waals surface area contributed by atoms with Crippen LogP contribution in [0, 0.1) is 5.92 Å². The van der Waals surface area contributed by atoms with E-state index in [9.17, 15) is 27.6 Å². The van der Waals surface area contributed by atoms with Crippen LogP contribution in [0.1, 0.15) is 48.8 Å². The number of nitrogens with zero attached hydrogens (tertiary/aromatic N) is 4. The molecule has 3 fully saturated rings. The number of carbonyl (C=O) groups is 3. The van der Waals surface area contributed by atoms with Gasteiger partial charge in [-0.3, -0.25) is 14.5 Å². The second-order valence-corrected chi connectivity index (χ2v) is 14.6. The Balaban J connectivity index is 1.13. The molecule has 4 amide bonds. The zero-order chi connectivity index (χ0) is 33.3. The summed E-state index contributed by atoms with van der Waals surface area (Å²) in [6.07, 6.45) is -1.45. The van der Waals surface area contributed by atoms with Gasteiger partial charge >= 0.3 is 12.2 Å². The van der Waals surface area contributed by atoms with E-state index in [4.69, 9.17) is 5.73 Å². The average Bonchev–Trinajstić information content (AvgIpc) is 3.52. The Morgan fingerprint density at radius 3 is 2.36 bits per heavy atom. The van der Waals surface area contributed by atoms with Crippen LogP contribution in [-0.4, -0.2) is 102 Å². The van der Waals surface area contributed by atoms with E-state index in [1.54, 1.807) is 21.1 Å². The minimum absolute atomic E-state index is 0.0194. The second kappa shape index (κ2) is 14.3. The van der Waals surface area contributed by atoms with Crippen molar-refractivity contribution in [2.24, 2.45) is 5.92 Å². The van der Waals surface area contributed by atoms with Crippen molar-refractivity contribution in [2.75, 3.05) is 63.4 Å². The molecule has 4 aliphatic rings. The third-order valence-corrected chi connectivity index (χ3v) is 11.5. The number of anilines is 2. The number of benzene rings is 1. The zero-order valence-electron chi connectivity index (χ0n) is 26.2. The van der Waals surface area contributed by atoms with Crippen molar-refractivity contribution in [1.29, 1.82) is 0 Å². The fourth-order valence-electron chi connectivity index (χ4n) is 7.35. The van der Waals surface area contributed by atoms with E-state index in [-0.39, 0.29) is 41.2 Å². The molecular weight excluding hydrogens is 699 g/mol. The summed E-state index contributed by atoms with van der Waals surface area (Å²) >= 11 is 4.71. The van der Waals surface area contributed by atoms with Gasteiger partial charge < -0.3 is 31.1 Å². The fraction of sp³-hybridized carbons (Fsp3) is 0.594. The third kappa shape index (κ3) is 7.73. The molecule has 0 aliphatic carbocycles. The maximum absolute atomic E-state index is 14.0. The first-order chi connectivity index (χ1) is 22.5. The maximum atomic E-state index is 14.0. The number of carbonyl (C=O) groups excluding carboxylic acids is 3. The van der Waals surface area contributed by atoms with Crippen molar-refractivity contribution in [3.63, 3.8) is 0 Å². The Kier molecular flexibility index (Phi) is 10.4. The molecule has 47 heavy (non-hydrogen) atoms. The fourth-order valence-corrected chi connectivity index (χ4v) is 8.64. The largest absolute Gasteiger partial charge is 0.418 e. The van der Waals surface area contributed by atoms with Gasteiger partial charge in [-0.25, -0.2) is 4.79 Å². The minimum atomic E-state index is -4.66. The highest BCUT2D eigenvalue weighted by Crippen LogP contribution is 2.39. The van der Waals surface area contributed by atoms with Gasteiger partial charge in [0.05, 0.1) is 29.4 Å². The van der Waals surface area contributed by atoms with E-state index < -0.39 is 23.3 Å². The van der Waals surface area contributed by atoms with Crippen LogP contribution in [0.15, 0.2) is 27.4 Å². The molecule has 10 nitrogen and oxygen atoms in total. The molecule has 4 N–H and O–H groups in total. The van der Waals surface area contributed by atoms with Crippen LogP contribution in [0.5, 0.6) is 0 Å². The molecule has 4 aliphatic heterocycles. The lowest BCUT2D eigenvalue weighted by atomic mass is 9.91. The summed E-state index contributed by atoms with van der Waals surface area (Å²) in [5, 5.41) is 10.3. The standard InChI is InChI=1S/C32H41BrF3N7O3S/c33-26-15-20(14-25(29(26)37)32(34,35)36)13-21(30(45)42-11-9-40(10-12-42)23-1-5-38-6-2-23)16-28(44)41-7-3-24(4-8-41)43-17-22-18-47-19-27(22)39-31(43)46/h14-15,18-19,21,23-24,38H,1-13,16-17,37H2,(H,39,46)/t21-/m0/s1. The van der Waals surface area contributed by atoms with Crippen LogP contribution < -0.4 is 16.4 Å². The van der Waals surface area contributed by atoms with E-state index in [0.29, 0.717) is 57.2 Å². The third-order valence-electron chi connectivity index (χ3n) is 10.0. The molecule has 5 heterocycles. The van der Waals surface area contributed by atoms with Gasteiger partial charge in [0.2, 0.25) is 11.8 Å². The van der Waals surface area contributed by atoms with Crippen LogP contribution in [0.2, 0.25) is 0 Å². The number of hydrogen-bond acceptors (Lipinski definition) is 7. The Morgan fingerprint density at radius 2 is 1.68 bits per heavy atom. The summed E-state index contributed by atoms with van der Waals surface area (Å²) in [6.45, 7) is 5.84. The van der Waals surface area contributed by atoms with Crippen LogP contribution in [-0.2, 0) is 28.7 Å². The lowest BCUT2D eigenvalue weighted by molar-refractivity contribution is -0.143. The zero-order valence-corrected chi connectivity index (χ0v) is 28.6. The van der Waals surface area contributed by atoms with E-state index in [2.05, 4.69) is 31.5 Å². The monoisotopic (exact) mass is 739 g/mol. The van der Waals surface area contributed by atoms with Gasteiger partial charge in [-0.15, -0.1) is 11.3 Å². The van der Waals surface area contributed by atoms with Gasteiger partial charge in [0, 0.05) is 73.2 Å². The average molecular weight is 741 g/mol. The van der Waals surface area contributed by atoms with Gasteiger partial charge in [0.25, 0.3) is 0 Å². The minimum Gasteiger partial charge on any atom is -0.397 e. The van der Waals surface area contributed by atoms with Crippen molar-refractivity contribution >= 4 is 56.5 Å². The number of nitrogens with two attached hydrogens (primary N) is 1. The highest BCUT2D eigenvalue weighted by Gasteiger charge is 2.38. The predicted molar refractivity (Wildman–Crippen MR) is 178 cm³/mol. The molecule has 6 rings (SSSR count). The molecule has 1 aromatic carbocycles. The summed E-state index contributed by atoms with van der Waals surface area (Å²) < 4.78 is 41.5. The van der Waals surface area contributed by atoms with E-state index in [0.717, 1.165) is 56.3 Å². The van der Waals surface area contributed by atoms with Crippen molar-refractivity contribution in [1.82, 2.24) is 24.9 Å². The van der Waals surface area contributed by atoms with E-state index >= 15 is 0 Å². The molecule has 0 saturated carbocycles. The molecule has 15 heteroatoms. The van der Waals surface area contributed by atoms with Gasteiger partial charge in [-0.1, -0.05) is 0 Å². The number of piperazine rings is 1.